The number of amides is 1. The van der Waals surface area contributed by atoms with Gasteiger partial charge in [-0.15, -0.1) is 10.2 Å². The van der Waals surface area contributed by atoms with Crippen molar-refractivity contribution in [1.29, 1.82) is 0 Å². The van der Waals surface area contributed by atoms with Gasteiger partial charge in [0.15, 0.2) is 5.69 Å². The lowest BCUT2D eigenvalue weighted by Gasteiger charge is -2.06. The summed E-state index contributed by atoms with van der Waals surface area (Å²) in [5.74, 6) is -0.259. The maximum Gasteiger partial charge on any atom is 0.267 e. The largest absolute Gasteiger partial charge is 0.365 e. The molecule has 0 aliphatic rings. The van der Waals surface area contributed by atoms with Crippen LogP contribution in [0.3, 0.4) is 0 Å². The fraction of sp³-hybridized carbons (Fsp3) is 0.0588. The Morgan fingerprint density at radius 2 is 2.04 bits per heavy atom. The zero-order valence-corrected chi connectivity index (χ0v) is 13.9. The van der Waals surface area contributed by atoms with Gasteiger partial charge in [0.25, 0.3) is 5.91 Å². The smallest absolute Gasteiger partial charge is 0.267 e. The molecule has 134 valence electrons. The molecule has 0 saturated heterocycles. The number of aromatic nitrogens is 6. The maximum absolute atomic E-state index is 13.3. The van der Waals surface area contributed by atoms with Crippen molar-refractivity contribution in [3.8, 4) is 11.5 Å². The van der Waals surface area contributed by atoms with Crippen LogP contribution in [0.4, 0.5) is 10.2 Å². The van der Waals surface area contributed by atoms with Crippen LogP contribution in [0.1, 0.15) is 16.1 Å². The standard InChI is InChI=1S/C17H13FN8O/c18-11-4-1-3-10(7-11)8-20-14-9-21-24-17(22-14)15-12-5-2-6-13(16(19)27)26(12)25-23-15/h1-7,9H,8H2,(H2,19,27)(H,20,22,24). The molecule has 1 amide bonds. The van der Waals surface area contributed by atoms with E-state index in [1.807, 2.05) is 0 Å². The molecule has 0 unspecified atom stereocenters. The van der Waals surface area contributed by atoms with Crippen LogP contribution in [-0.2, 0) is 6.54 Å². The van der Waals surface area contributed by atoms with E-state index in [4.69, 9.17) is 5.73 Å². The van der Waals surface area contributed by atoms with Crippen molar-refractivity contribution >= 4 is 17.2 Å². The Kier molecular flexibility index (Phi) is 4.13. The predicted octanol–water partition coefficient (Wildman–Crippen LogP) is 1.43. The molecular weight excluding hydrogens is 351 g/mol. The summed E-state index contributed by atoms with van der Waals surface area (Å²) in [6.07, 6.45) is 1.45. The second-order valence-corrected chi connectivity index (χ2v) is 5.66. The first-order chi connectivity index (χ1) is 13.1. The summed E-state index contributed by atoms with van der Waals surface area (Å²) in [5, 5.41) is 18.9. The van der Waals surface area contributed by atoms with Crippen LogP contribution in [0.2, 0.25) is 0 Å². The summed E-state index contributed by atoms with van der Waals surface area (Å²) in [4.78, 5) is 15.9. The molecule has 3 heterocycles. The highest BCUT2D eigenvalue weighted by Crippen LogP contribution is 2.20. The van der Waals surface area contributed by atoms with Crippen LogP contribution in [0.25, 0.3) is 17.0 Å². The third-order valence-corrected chi connectivity index (χ3v) is 3.83. The van der Waals surface area contributed by atoms with Crippen molar-refractivity contribution in [3.05, 3.63) is 65.7 Å². The van der Waals surface area contributed by atoms with Crippen LogP contribution >= 0.6 is 0 Å². The molecule has 0 saturated carbocycles. The number of pyridine rings is 1. The van der Waals surface area contributed by atoms with Crippen LogP contribution in [0.15, 0.2) is 48.7 Å². The Morgan fingerprint density at radius 3 is 2.85 bits per heavy atom. The van der Waals surface area contributed by atoms with Gasteiger partial charge < -0.3 is 11.1 Å². The predicted molar refractivity (Wildman–Crippen MR) is 94.1 cm³/mol. The summed E-state index contributed by atoms with van der Waals surface area (Å²) >= 11 is 0. The Labute approximate surface area is 152 Å². The van der Waals surface area contributed by atoms with Crippen molar-refractivity contribution in [1.82, 2.24) is 30.0 Å². The Hall–Kier alpha value is -3.95. The summed E-state index contributed by atoms with van der Waals surface area (Å²) in [7, 11) is 0. The highest BCUT2D eigenvalue weighted by Gasteiger charge is 2.16. The molecular formula is C17H13FN8O. The average molecular weight is 364 g/mol. The number of hydrogen-bond acceptors (Lipinski definition) is 7. The first kappa shape index (κ1) is 16.5. The Balaban J connectivity index is 1.64. The molecule has 3 aromatic heterocycles. The number of fused-ring (bicyclic) bond motifs is 1. The van der Waals surface area contributed by atoms with Gasteiger partial charge in [-0.2, -0.15) is 5.10 Å². The summed E-state index contributed by atoms with van der Waals surface area (Å²) in [6, 6.07) is 11.2. The lowest BCUT2D eigenvalue weighted by atomic mass is 10.2. The molecule has 0 atom stereocenters. The molecule has 1 aromatic carbocycles. The highest BCUT2D eigenvalue weighted by molar-refractivity contribution is 5.92. The number of hydrogen-bond donors (Lipinski definition) is 2. The lowest BCUT2D eigenvalue weighted by Crippen LogP contribution is -2.15. The number of anilines is 1. The average Bonchev–Trinajstić information content (AvgIpc) is 3.11. The molecule has 0 aliphatic heterocycles. The zero-order valence-electron chi connectivity index (χ0n) is 13.9. The van der Waals surface area contributed by atoms with Crippen LogP contribution in [-0.4, -0.2) is 35.9 Å². The van der Waals surface area contributed by atoms with Crippen molar-refractivity contribution < 1.29 is 9.18 Å². The van der Waals surface area contributed by atoms with E-state index in [1.165, 1.54) is 22.8 Å². The van der Waals surface area contributed by atoms with Gasteiger partial charge >= 0.3 is 0 Å². The van der Waals surface area contributed by atoms with E-state index >= 15 is 0 Å². The van der Waals surface area contributed by atoms with E-state index < -0.39 is 5.91 Å². The number of carbonyl (C=O) groups excluding carboxylic acids is 1. The second kappa shape index (κ2) is 6.75. The van der Waals surface area contributed by atoms with Gasteiger partial charge in [-0.05, 0) is 29.8 Å². The Bertz CT molecular complexity index is 1140. The van der Waals surface area contributed by atoms with E-state index in [2.05, 4.69) is 30.8 Å². The summed E-state index contributed by atoms with van der Waals surface area (Å²) < 4.78 is 14.6. The van der Waals surface area contributed by atoms with E-state index in [-0.39, 0.29) is 17.3 Å². The van der Waals surface area contributed by atoms with E-state index in [9.17, 15) is 9.18 Å². The summed E-state index contributed by atoms with van der Waals surface area (Å²) in [5.41, 5.74) is 7.19. The molecule has 4 aromatic rings. The molecule has 9 nitrogen and oxygen atoms in total. The van der Waals surface area contributed by atoms with E-state index in [0.717, 1.165) is 5.56 Å². The normalized spacial score (nSPS) is 10.9. The topological polar surface area (TPSA) is 124 Å². The molecule has 0 aliphatic carbocycles. The van der Waals surface area contributed by atoms with Crippen molar-refractivity contribution in [2.75, 3.05) is 5.32 Å². The number of nitrogens with two attached hydrogens (primary N) is 1. The first-order valence-corrected chi connectivity index (χ1v) is 7.94. The summed E-state index contributed by atoms with van der Waals surface area (Å²) in [6.45, 7) is 0.365. The third-order valence-electron chi connectivity index (χ3n) is 3.83. The zero-order chi connectivity index (χ0) is 18.8. The second-order valence-electron chi connectivity index (χ2n) is 5.66. The number of halogens is 1. The highest BCUT2D eigenvalue weighted by atomic mass is 19.1. The first-order valence-electron chi connectivity index (χ1n) is 7.94. The van der Waals surface area contributed by atoms with Gasteiger partial charge in [-0.25, -0.2) is 13.9 Å². The van der Waals surface area contributed by atoms with Gasteiger partial charge in [0.1, 0.15) is 17.3 Å². The van der Waals surface area contributed by atoms with Crippen LogP contribution < -0.4 is 11.1 Å². The molecule has 0 spiro atoms. The number of primary amides is 1. The van der Waals surface area contributed by atoms with E-state index in [0.29, 0.717) is 23.6 Å². The minimum absolute atomic E-state index is 0.194. The monoisotopic (exact) mass is 364 g/mol. The maximum atomic E-state index is 13.3. The van der Waals surface area contributed by atoms with E-state index in [1.54, 1.807) is 30.3 Å². The quantitative estimate of drug-likeness (QED) is 0.549. The fourth-order valence-electron chi connectivity index (χ4n) is 2.59. The SMILES string of the molecule is NC(=O)c1cccc2c(-c3nncc(NCc4cccc(F)c4)n3)nnn12. The van der Waals surface area contributed by atoms with Gasteiger partial charge in [0.05, 0.1) is 11.7 Å². The molecule has 27 heavy (non-hydrogen) atoms. The fourth-order valence-corrected chi connectivity index (χ4v) is 2.59. The number of benzene rings is 1. The molecule has 4 rings (SSSR count). The van der Waals surface area contributed by atoms with Crippen LogP contribution in [0, 0.1) is 5.82 Å². The minimum atomic E-state index is -0.624. The Morgan fingerprint density at radius 1 is 1.19 bits per heavy atom. The molecule has 10 heteroatoms. The molecule has 0 fully saturated rings. The molecule has 3 N–H and O–H groups in total. The van der Waals surface area contributed by atoms with Gasteiger partial charge in [0.2, 0.25) is 5.82 Å². The van der Waals surface area contributed by atoms with Crippen molar-refractivity contribution in [2.45, 2.75) is 6.54 Å². The van der Waals surface area contributed by atoms with Crippen molar-refractivity contribution in [2.24, 2.45) is 5.73 Å². The van der Waals surface area contributed by atoms with Crippen LogP contribution in [0.5, 0.6) is 0 Å². The number of nitrogens with one attached hydrogen (secondary N) is 1. The molecule has 0 radical (unpaired) electrons. The van der Waals surface area contributed by atoms with Gasteiger partial charge in [0, 0.05) is 6.54 Å². The lowest BCUT2D eigenvalue weighted by molar-refractivity contribution is 0.0993. The van der Waals surface area contributed by atoms with Gasteiger partial charge in [-0.3, -0.25) is 4.79 Å². The minimum Gasteiger partial charge on any atom is -0.365 e. The van der Waals surface area contributed by atoms with Crippen molar-refractivity contribution in [3.63, 3.8) is 0 Å². The van der Waals surface area contributed by atoms with Gasteiger partial charge in [-0.1, -0.05) is 23.4 Å². The number of carbonyl (C=O) groups is 1. The number of rotatable bonds is 5. The third kappa shape index (κ3) is 3.27. The number of nitrogens with zero attached hydrogens (tertiary/aromatic N) is 6. The molecule has 0 bridgehead atoms.